The van der Waals surface area contributed by atoms with Gasteiger partial charge in [0.1, 0.15) is 0 Å². The Morgan fingerprint density at radius 3 is 1.45 bits per heavy atom. The lowest BCUT2D eigenvalue weighted by molar-refractivity contribution is 1.25. The molecule has 0 atom stereocenters. The minimum atomic E-state index is -1.29. The van der Waals surface area contributed by atoms with E-state index in [9.17, 15) is 0 Å². The van der Waals surface area contributed by atoms with E-state index < -0.39 is 9.21 Å². The van der Waals surface area contributed by atoms with Crippen LogP contribution < -0.4 is 0 Å². The maximum Gasteiger partial charge on any atom is 0.000661 e. The summed E-state index contributed by atoms with van der Waals surface area (Å²) in [5.41, 5.74) is 5.36. The monoisotopic (exact) mass is 284 g/mol. The Labute approximate surface area is 124 Å². The maximum atomic E-state index is 4.60. The fourth-order valence-corrected chi connectivity index (χ4v) is 4.50. The van der Waals surface area contributed by atoms with E-state index in [0.29, 0.717) is 0 Å². The third kappa shape index (κ3) is 2.55. The van der Waals surface area contributed by atoms with Crippen LogP contribution in [-0.4, -0.2) is 11.2 Å². The molecule has 2 aromatic rings. The van der Waals surface area contributed by atoms with E-state index in [0.717, 1.165) is 0 Å². The standard InChI is InChI=1S/C19H24S/c1-7-20(6,18-10-8-14(2)16(4)12-18)19-11-9-15(3)17(5)13-19/h7-13H,6H2,1-5H3. The van der Waals surface area contributed by atoms with Crippen molar-refractivity contribution < 1.29 is 0 Å². The Hall–Kier alpha value is -1.47. The zero-order chi connectivity index (χ0) is 14.9. The van der Waals surface area contributed by atoms with Gasteiger partial charge in [0.05, 0.1) is 0 Å². The molecule has 0 nitrogen and oxygen atoms in total. The van der Waals surface area contributed by atoms with E-state index in [1.807, 2.05) is 0 Å². The van der Waals surface area contributed by atoms with Crippen LogP contribution in [0.15, 0.2) is 46.2 Å². The van der Waals surface area contributed by atoms with Crippen molar-refractivity contribution in [2.24, 2.45) is 0 Å². The molecular weight excluding hydrogens is 260 g/mol. The number of hydrogen-bond acceptors (Lipinski definition) is 0. The summed E-state index contributed by atoms with van der Waals surface area (Å²) in [6.07, 6.45) is 0. The highest BCUT2D eigenvalue weighted by Crippen LogP contribution is 2.43. The molecule has 106 valence electrons. The van der Waals surface area contributed by atoms with Gasteiger partial charge in [-0.15, -0.1) is 0 Å². The van der Waals surface area contributed by atoms with E-state index in [2.05, 4.69) is 82.3 Å². The Bertz CT molecular complexity index is 700. The first-order chi connectivity index (χ1) is 9.38. The highest BCUT2D eigenvalue weighted by molar-refractivity contribution is 8.28. The lowest BCUT2D eigenvalue weighted by Gasteiger charge is -2.19. The Morgan fingerprint density at radius 2 is 1.15 bits per heavy atom. The molecule has 2 rings (SSSR count). The van der Waals surface area contributed by atoms with E-state index >= 15 is 0 Å². The van der Waals surface area contributed by atoms with Gasteiger partial charge in [0, 0.05) is 9.79 Å². The summed E-state index contributed by atoms with van der Waals surface area (Å²) in [6.45, 7) is 10.8. The molecular formula is C19H24S. The average molecular weight is 284 g/mol. The SMILES string of the molecule is C=S(=CC)(c1ccc(C)c(C)c1)c1ccc(C)c(C)c1. The lowest BCUT2D eigenvalue weighted by Crippen LogP contribution is -1.91. The van der Waals surface area contributed by atoms with Crippen molar-refractivity contribution in [3.63, 3.8) is 0 Å². The largest absolute Gasteiger partial charge is 0.157 e. The van der Waals surface area contributed by atoms with Gasteiger partial charge < -0.3 is 0 Å². The molecule has 0 aliphatic rings. The van der Waals surface area contributed by atoms with Crippen LogP contribution in [0, 0.1) is 27.7 Å². The van der Waals surface area contributed by atoms with Gasteiger partial charge in [-0.05, 0) is 81.1 Å². The summed E-state index contributed by atoms with van der Waals surface area (Å²) < 4.78 is 0. The first-order valence-corrected chi connectivity index (χ1v) is 8.85. The Morgan fingerprint density at radius 1 is 0.750 bits per heavy atom. The second-order valence-electron chi connectivity index (χ2n) is 5.52. The van der Waals surface area contributed by atoms with E-state index in [-0.39, 0.29) is 0 Å². The molecule has 0 radical (unpaired) electrons. The number of benzene rings is 2. The summed E-state index contributed by atoms with van der Waals surface area (Å²) in [5.74, 6) is 4.60. The van der Waals surface area contributed by atoms with Gasteiger partial charge in [-0.3, -0.25) is 0 Å². The third-order valence-electron chi connectivity index (χ3n) is 4.20. The molecule has 0 unspecified atom stereocenters. The van der Waals surface area contributed by atoms with Crippen LogP contribution in [0.1, 0.15) is 29.2 Å². The second-order valence-corrected chi connectivity index (χ2v) is 8.52. The molecule has 0 N–H and O–H groups in total. The molecule has 0 aliphatic carbocycles. The molecule has 0 bridgehead atoms. The predicted octanol–water partition coefficient (Wildman–Crippen LogP) is 5.40. The van der Waals surface area contributed by atoms with Crippen molar-refractivity contribution in [3.05, 3.63) is 58.7 Å². The van der Waals surface area contributed by atoms with Crippen LogP contribution in [0.3, 0.4) is 0 Å². The molecule has 0 heterocycles. The zero-order valence-corrected chi connectivity index (χ0v) is 14.0. The van der Waals surface area contributed by atoms with Crippen molar-refractivity contribution >= 4 is 20.4 Å². The Kier molecular flexibility index (Phi) is 4.10. The summed E-state index contributed by atoms with van der Waals surface area (Å²) in [4.78, 5) is 2.68. The fourth-order valence-electron chi connectivity index (χ4n) is 2.29. The van der Waals surface area contributed by atoms with Gasteiger partial charge in [-0.1, -0.05) is 23.4 Å². The summed E-state index contributed by atoms with van der Waals surface area (Å²) in [7, 11) is -1.29. The first-order valence-electron chi connectivity index (χ1n) is 6.99. The Balaban J connectivity index is 2.68. The summed E-state index contributed by atoms with van der Waals surface area (Å²) in [5, 5.41) is 2.28. The van der Waals surface area contributed by atoms with Crippen LogP contribution in [0.5, 0.6) is 0 Å². The van der Waals surface area contributed by atoms with Crippen LogP contribution in [0.4, 0.5) is 0 Å². The van der Waals surface area contributed by atoms with E-state index in [1.54, 1.807) is 0 Å². The normalized spacial score (nSPS) is 11.4. The maximum absolute atomic E-state index is 4.60. The van der Waals surface area contributed by atoms with Gasteiger partial charge in [-0.25, -0.2) is 0 Å². The average Bonchev–Trinajstić information content (AvgIpc) is 2.44. The van der Waals surface area contributed by atoms with Gasteiger partial charge in [0.2, 0.25) is 0 Å². The van der Waals surface area contributed by atoms with Crippen LogP contribution in [0.2, 0.25) is 0 Å². The lowest BCUT2D eigenvalue weighted by atomic mass is 10.1. The molecule has 20 heavy (non-hydrogen) atoms. The van der Waals surface area contributed by atoms with Gasteiger partial charge in [-0.2, -0.15) is 9.21 Å². The molecule has 2 aromatic carbocycles. The van der Waals surface area contributed by atoms with E-state index in [4.69, 9.17) is 0 Å². The first kappa shape index (κ1) is 14.9. The summed E-state index contributed by atoms with van der Waals surface area (Å²) in [6, 6.07) is 13.5. The second kappa shape index (κ2) is 5.49. The van der Waals surface area contributed by atoms with Gasteiger partial charge in [0.25, 0.3) is 0 Å². The number of rotatable bonds is 2. The molecule has 0 spiro atoms. The molecule has 0 aliphatic heterocycles. The number of hydrogen-bond donors (Lipinski definition) is 0. The van der Waals surface area contributed by atoms with Crippen molar-refractivity contribution in [2.45, 2.75) is 44.4 Å². The summed E-state index contributed by atoms with van der Waals surface area (Å²) >= 11 is 0. The minimum Gasteiger partial charge on any atom is -0.157 e. The van der Waals surface area contributed by atoms with Crippen molar-refractivity contribution in [1.82, 2.24) is 0 Å². The highest BCUT2D eigenvalue weighted by Gasteiger charge is 2.09. The molecule has 0 fully saturated rings. The van der Waals surface area contributed by atoms with Crippen molar-refractivity contribution in [3.8, 4) is 0 Å². The molecule has 1 heteroatoms. The molecule has 0 aromatic heterocycles. The minimum absolute atomic E-state index is 1.29. The van der Waals surface area contributed by atoms with Gasteiger partial charge in [0.15, 0.2) is 0 Å². The third-order valence-corrected chi connectivity index (χ3v) is 7.20. The van der Waals surface area contributed by atoms with Crippen LogP contribution >= 0.6 is 9.21 Å². The van der Waals surface area contributed by atoms with Crippen molar-refractivity contribution in [1.29, 1.82) is 0 Å². The fraction of sp³-hybridized carbons (Fsp3) is 0.263. The predicted molar refractivity (Wildman–Crippen MR) is 94.8 cm³/mol. The van der Waals surface area contributed by atoms with Gasteiger partial charge >= 0.3 is 0 Å². The number of aryl methyl sites for hydroxylation is 4. The van der Waals surface area contributed by atoms with Crippen LogP contribution in [-0.2, 0) is 0 Å². The molecule has 0 amide bonds. The zero-order valence-electron chi connectivity index (χ0n) is 13.2. The van der Waals surface area contributed by atoms with E-state index in [1.165, 1.54) is 32.0 Å². The smallest absolute Gasteiger partial charge is 0.000661 e. The van der Waals surface area contributed by atoms with Crippen molar-refractivity contribution in [2.75, 3.05) is 0 Å². The van der Waals surface area contributed by atoms with Crippen LogP contribution in [0.25, 0.3) is 0 Å². The molecule has 0 saturated heterocycles. The highest BCUT2D eigenvalue weighted by atomic mass is 32.2. The topological polar surface area (TPSA) is 0 Å². The molecule has 0 saturated carbocycles. The quantitative estimate of drug-likeness (QED) is 0.648.